The van der Waals surface area contributed by atoms with Crippen LogP contribution in [0.15, 0.2) is 6.07 Å². The molecule has 3 nitrogen and oxygen atoms in total. The van der Waals surface area contributed by atoms with Crippen LogP contribution in [0.1, 0.15) is 24.7 Å². The second kappa shape index (κ2) is 2.90. The number of rotatable bonds is 0. The molecular formula is C9H15N3. The van der Waals surface area contributed by atoms with Crippen LogP contribution in [0, 0.1) is 6.92 Å². The normalized spacial score (nSPS) is 23.3. The quantitative estimate of drug-likeness (QED) is 0.623. The van der Waals surface area contributed by atoms with E-state index >= 15 is 0 Å². The summed E-state index contributed by atoms with van der Waals surface area (Å²) in [6, 6.07) is 2.78. The topological polar surface area (TPSA) is 29.9 Å². The summed E-state index contributed by atoms with van der Waals surface area (Å²) in [5, 5.41) is 7.88. The van der Waals surface area contributed by atoms with Gasteiger partial charge in [-0.2, -0.15) is 5.10 Å². The van der Waals surface area contributed by atoms with Crippen LogP contribution in [-0.4, -0.2) is 15.8 Å². The summed E-state index contributed by atoms with van der Waals surface area (Å²) in [5.41, 5.74) is 2.44. The monoisotopic (exact) mass is 165 g/mol. The maximum absolute atomic E-state index is 4.42. The van der Waals surface area contributed by atoms with E-state index in [0.717, 1.165) is 18.8 Å². The van der Waals surface area contributed by atoms with Crippen LogP contribution in [0.2, 0.25) is 0 Å². The summed E-state index contributed by atoms with van der Waals surface area (Å²) in [4.78, 5) is 0. The summed E-state index contributed by atoms with van der Waals surface area (Å²) in [6.07, 6.45) is 1.17. The van der Waals surface area contributed by atoms with Crippen LogP contribution in [0.4, 0.5) is 0 Å². The Morgan fingerprint density at radius 1 is 1.67 bits per heavy atom. The van der Waals surface area contributed by atoms with Gasteiger partial charge in [0.05, 0.1) is 11.4 Å². The molecule has 0 radical (unpaired) electrons. The van der Waals surface area contributed by atoms with Crippen LogP contribution in [0.25, 0.3) is 0 Å². The lowest BCUT2D eigenvalue weighted by molar-refractivity contribution is 0.503. The van der Waals surface area contributed by atoms with Crippen molar-refractivity contribution in [2.75, 3.05) is 0 Å². The van der Waals surface area contributed by atoms with Crippen molar-refractivity contribution in [2.45, 2.75) is 39.4 Å². The molecule has 66 valence electrons. The van der Waals surface area contributed by atoms with Crippen molar-refractivity contribution in [1.29, 1.82) is 0 Å². The first-order valence-corrected chi connectivity index (χ1v) is 4.52. The first-order chi connectivity index (χ1) is 5.75. The van der Waals surface area contributed by atoms with Crippen LogP contribution in [0.5, 0.6) is 0 Å². The largest absolute Gasteiger partial charge is 0.309 e. The van der Waals surface area contributed by atoms with Gasteiger partial charge in [-0.05, 0) is 26.3 Å². The number of aryl methyl sites for hydroxylation is 2. The zero-order valence-corrected chi connectivity index (χ0v) is 7.67. The predicted octanol–water partition coefficient (Wildman–Crippen LogP) is 1.07. The van der Waals surface area contributed by atoms with Crippen LogP contribution in [-0.2, 0) is 13.1 Å². The highest BCUT2D eigenvalue weighted by atomic mass is 15.3. The van der Waals surface area contributed by atoms with E-state index in [0.29, 0.717) is 6.04 Å². The Morgan fingerprint density at radius 3 is 3.33 bits per heavy atom. The molecule has 0 aliphatic carbocycles. The molecule has 1 aromatic rings. The van der Waals surface area contributed by atoms with Gasteiger partial charge in [0.1, 0.15) is 0 Å². The number of aromatic nitrogens is 2. The van der Waals surface area contributed by atoms with E-state index in [-0.39, 0.29) is 0 Å². The molecule has 2 rings (SSSR count). The van der Waals surface area contributed by atoms with Crippen molar-refractivity contribution in [3.8, 4) is 0 Å². The molecule has 0 bridgehead atoms. The molecular weight excluding hydrogens is 150 g/mol. The molecule has 1 aliphatic rings. The second-order valence-corrected chi connectivity index (χ2v) is 3.57. The fraction of sp³-hybridized carbons (Fsp3) is 0.667. The standard InChI is InChI=1S/C9H15N3/c1-7-3-4-12-9(6-10-7)5-8(2)11-12/h5,7,10H,3-4,6H2,1-2H3. The fourth-order valence-electron chi connectivity index (χ4n) is 1.63. The zero-order chi connectivity index (χ0) is 8.55. The van der Waals surface area contributed by atoms with Gasteiger partial charge >= 0.3 is 0 Å². The maximum Gasteiger partial charge on any atom is 0.0597 e. The zero-order valence-electron chi connectivity index (χ0n) is 7.67. The summed E-state index contributed by atoms with van der Waals surface area (Å²) < 4.78 is 2.12. The third-order valence-corrected chi connectivity index (χ3v) is 2.39. The van der Waals surface area contributed by atoms with E-state index in [1.165, 1.54) is 12.1 Å². The van der Waals surface area contributed by atoms with E-state index in [1.54, 1.807) is 0 Å². The first kappa shape index (κ1) is 7.80. The first-order valence-electron chi connectivity index (χ1n) is 4.52. The number of fused-ring (bicyclic) bond motifs is 1. The molecule has 1 atom stereocenters. The molecule has 0 saturated carbocycles. The van der Waals surface area contributed by atoms with Crippen LogP contribution in [0.3, 0.4) is 0 Å². The molecule has 2 heterocycles. The molecule has 1 unspecified atom stereocenters. The molecule has 12 heavy (non-hydrogen) atoms. The van der Waals surface area contributed by atoms with E-state index in [1.807, 2.05) is 6.92 Å². The number of hydrogen-bond donors (Lipinski definition) is 1. The van der Waals surface area contributed by atoms with Gasteiger partial charge in [0.15, 0.2) is 0 Å². The lowest BCUT2D eigenvalue weighted by Crippen LogP contribution is -2.23. The maximum atomic E-state index is 4.42. The third kappa shape index (κ3) is 1.37. The lowest BCUT2D eigenvalue weighted by atomic mass is 10.2. The Labute approximate surface area is 72.8 Å². The highest BCUT2D eigenvalue weighted by Gasteiger charge is 2.12. The summed E-state index contributed by atoms with van der Waals surface area (Å²) in [5.74, 6) is 0. The fourth-order valence-corrected chi connectivity index (χ4v) is 1.63. The van der Waals surface area contributed by atoms with Gasteiger partial charge in [-0.1, -0.05) is 0 Å². The molecule has 1 N–H and O–H groups in total. The lowest BCUT2D eigenvalue weighted by Gasteiger charge is -2.06. The Hall–Kier alpha value is -0.830. The predicted molar refractivity (Wildman–Crippen MR) is 47.9 cm³/mol. The van der Waals surface area contributed by atoms with Gasteiger partial charge in [-0.3, -0.25) is 4.68 Å². The highest BCUT2D eigenvalue weighted by molar-refractivity contribution is 5.09. The van der Waals surface area contributed by atoms with Gasteiger partial charge in [0.25, 0.3) is 0 Å². The Morgan fingerprint density at radius 2 is 2.50 bits per heavy atom. The minimum atomic E-state index is 0.618. The molecule has 0 fully saturated rings. The van der Waals surface area contributed by atoms with Crippen molar-refractivity contribution < 1.29 is 0 Å². The van der Waals surface area contributed by atoms with Gasteiger partial charge < -0.3 is 5.32 Å². The molecule has 0 aromatic carbocycles. The summed E-state index contributed by atoms with van der Waals surface area (Å²) >= 11 is 0. The SMILES string of the molecule is Cc1cc2n(n1)CCC(C)NC2. The van der Waals surface area contributed by atoms with E-state index in [2.05, 4.69) is 28.1 Å². The molecule has 1 aliphatic heterocycles. The van der Waals surface area contributed by atoms with Gasteiger partial charge in [0.2, 0.25) is 0 Å². The average Bonchev–Trinajstić information content (AvgIpc) is 2.31. The second-order valence-electron chi connectivity index (χ2n) is 3.57. The molecule has 0 amide bonds. The molecule has 3 heteroatoms. The minimum absolute atomic E-state index is 0.618. The Bertz CT molecular complexity index is 252. The third-order valence-electron chi connectivity index (χ3n) is 2.39. The van der Waals surface area contributed by atoms with Crippen molar-refractivity contribution in [3.63, 3.8) is 0 Å². The van der Waals surface area contributed by atoms with Gasteiger partial charge in [-0.25, -0.2) is 0 Å². The molecule has 0 saturated heterocycles. The Kier molecular flexibility index (Phi) is 1.89. The van der Waals surface area contributed by atoms with Crippen molar-refractivity contribution >= 4 is 0 Å². The van der Waals surface area contributed by atoms with Crippen LogP contribution >= 0.6 is 0 Å². The van der Waals surface area contributed by atoms with Crippen LogP contribution < -0.4 is 5.32 Å². The molecule has 0 spiro atoms. The summed E-state index contributed by atoms with van der Waals surface area (Å²) in [7, 11) is 0. The van der Waals surface area contributed by atoms with E-state index in [9.17, 15) is 0 Å². The number of nitrogens with one attached hydrogen (secondary N) is 1. The summed E-state index contributed by atoms with van der Waals surface area (Å²) in [6.45, 7) is 6.28. The number of nitrogens with zero attached hydrogens (tertiary/aromatic N) is 2. The van der Waals surface area contributed by atoms with Gasteiger partial charge in [0, 0.05) is 19.1 Å². The average molecular weight is 165 g/mol. The van der Waals surface area contributed by atoms with Crippen molar-refractivity contribution in [3.05, 3.63) is 17.5 Å². The van der Waals surface area contributed by atoms with E-state index < -0.39 is 0 Å². The van der Waals surface area contributed by atoms with Gasteiger partial charge in [-0.15, -0.1) is 0 Å². The Balaban J connectivity index is 2.24. The van der Waals surface area contributed by atoms with Crippen molar-refractivity contribution in [1.82, 2.24) is 15.1 Å². The highest BCUT2D eigenvalue weighted by Crippen LogP contribution is 2.09. The molecule has 1 aromatic heterocycles. The van der Waals surface area contributed by atoms with E-state index in [4.69, 9.17) is 0 Å². The number of hydrogen-bond acceptors (Lipinski definition) is 2. The minimum Gasteiger partial charge on any atom is -0.309 e. The smallest absolute Gasteiger partial charge is 0.0597 e. The van der Waals surface area contributed by atoms with Crippen molar-refractivity contribution in [2.24, 2.45) is 0 Å².